The van der Waals surface area contributed by atoms with Gasteiger partial charge in [0.1, 0.15) is 4.88 Å². The number of carbonyl (C=O) groups excluding carboxylic acids is 1. The Hall–Kier alpha value is -0.990. The Labute approximate surface area is 116 Å². The van der Waals surface area contributed by atoms with Crippen molar-refractivity contribution in [2.45, 2.75) is 12.8 Å². The normalized spacial score (nSPS) is 18.4. The first kappa shape index (κ1) is 14.4. The van der Waals surface area contributed by atoms with Gasteiger partial charge in [-0.2, -0.15) is 0 Å². The van der Waals surface area contributed by atoms with E-state index in [1.165, 1.54) is 21.9 Å². The van der Waals surface area contributed by atoms with Gasteiger partial charge in [0.05, 0.1) is 18.0 Å². The Kier molecular flexibility index (Phi) is 4.54. The Bertz CT molecular complexity index is 519. The Morgan fingerprint density at radius 1 is 1.53 bits per heavy atom. The van der Waals surface area contributed by atoms with Gasteiger partial charge in [0, 0.05) is 19.6 Å². The molecule has 0 spiro atoms. The molecule has 0 aromatic carbocycles. The topological polar surface area (TPSA) is 79.4 Å². The number of rotatable bonds is 4. The van der Waals surface area contributed by atoms with E-state index in [-0.39, 0.29) is 5.91 Å². The van der Waals surface area contributed by atoms with Crippen LogP contribution in [-0.2, 0) is 10.0 Å². The molecule has 8 heteroatoms. The highest BCUT2D eigenvalue weighted by atomic mass is 32.2. The minimum absolute atomic E-state index is 0.104. The summed E-state index contributed by atoms with van der Waals surface area (Å²) in [6.45, 7) is 1.67. The van der Waals surface area contributed by atoms with Gasteiger partial charge < -0.3 is 5.32 Å². The van der Waals surface area contributed by atoms with Gasteiger partial charge in [-0.3, -0.25) is 9.78 Å². The van der Waals surface area contributed by atoms with Crippen molar-refractivity contribution in [1.82, 2.24) is 14.6 Å². The number of hydrogen-bond donors (Lipinski definition) is 1. The largest absolute Gasteiger partial charge is 0.351 e. The van der Waals surface area contributed by atoms with Crippen LogP contribution in [0, 0.1) is 5.92 Å². The fourth-order valence-corrected chi connectivity index (χ4v) is 3.51. The van der Waals surface area contributed by atoms with Crippen molar-refractivity contribution in [2.24, 2.45) is 5.92 Å². The molecule has 0 bridgehead atoms. The smallest absolute Gasteiger partial charge is 0.263 e. The average molecular weight is 303 g/mol. The van der Waals surface area contributed by atoms with E-state index < -0.39 is 10.0 Å². The van der Waals surface area contributed by atoms with Gasteiger partial charge in [0.2, 0.25) is 10.0 Å². The van der Waals surface area contributed by atoms with Crippen molar-refractivity contribution in [3.63, 3.8) is 0 Å². The number of aromatic nitrogens is 1. The maximum absolute atomic E-state index is 11.7. The molecule has 0 saturated carbocycles. The van der Waals surface area contributed by atoms with Crippen LogP contribution >= 0.6 is 11.3 Å². The van der Waals surface area contributed by atoms with Crippen LogP contribution in [0.3, 0.4) is 0 Å². The molecule has 106 valence electrons. The standard InChI is InChI=1S/C11H17N3O3S2/c1-19(16,17)14-4-2-9(3-5-14)6-13-11(15)10-7-12-8-18-10/h7-9H,2-6H2,1H3,(H,13,15). The second kappa shape index (κ2) is 5.98. The zero-order valence-corrected chi connectivity index (χ0v) is 12.3. The third kappa shape index (κ3) is 3.99. The maximum atomic E-state index is 11.7. The molecule has 2 rings (SSSR count). The zero-order valence-electron chi connectivity index (χ0n) is 10.7. The number of sulfonamides is 1. The molecule has 0 atom stereocenters. The van der Waals surface area contributed by atoms with Crippen molar-refractivity contribution in [3.05, 3.63) is 16.6 Å². The van der Waals surface area contributed by atoms with Crippen LogP contribution in [0.5, 0.6) is 0 Å². The minimum atomic E-state index is -3.08. The number of nitrogens with one attached hydrogen (secondary N) is 1. The number of amides is 1. The van der Waals surface area contributed by atoms with Crippen molar-refractivity contribution in [2.75, 3.05) is 25.9 Å². The van der Waals surface area contributed by atoms with Crippen LogP contribution in [0.25, 0.3) is 0 Å². The monoisotopic (exact) mass is 303 g/mol. The molecule has 1 aromatic rings. The molecule has 1 aromatic heterocycles. The summed E-state index contributed by atoms with van der Waals surface area (Å²) >= 11 is 1.31. The lowest BCUT2D eigenvalue weighted by atomic mass is 9.98. The van der Waals surface area contributed by atoms with Gasteiger partial charge in [-0.1, -0.05) is 0 Å². The summed E-state index contributed by atoms with van der Waals surface area (Å²) in [5.41, 5.74) is 1.62. The van der Waals surface area contributed by atoms with Crippen molar-refractivity contribution in [3.8, 4) is 0 Å². The molecule has 1 aliphatic heterocycles. The predicted molar refractivity (Wildman–Crippen MR) is 73.6 cm³/mol. The van der Waals surface area contributed by atoms with E-state index >= 15 is 0 Å². The van der Waals surface area contributed by atoms with Crippen molar-refractivity contribution >= 4 is 27.3 Å². The van der Waals surface area contributed by atoms with Crippen LogP contribution in [-0.4, -0.2) is 49.5 Å². The Morgan fingerprint density at radius 2 is 2.21 bits per heavy atom. The van der Waals surface area contributed by atoms with E-state index in [1.807, 2.05) is 0 Å². The first-order valence-corrected chi connectivity index (χ1v) is 8.81. The molecule has 1 aliphatic rings. The number of thiazole rings is 1. The SMILES string of the molecule is CS(=O)(=O)N1CCC(CNC(=O)c2cncs2)CC1. The molecule has 1 fully saturated rings. The summed E-state index contributed by atoms with van der Waals surface area (Å²) in [6.07, 6.45) is 4.36. The van der Waals surface area contributed by atoms with E-state index in [0.717, 1.165) is 12.8 Å². The second-order valence-electron chi connectivity index (χ2n) is 4.68. The zero-order chi connectivity index (χ0) is 13.9. The summed E-state index contributed by atoms with van der Waals surface area (Å²) in [5, 5.41) is 2.87. The number of hydrogen-bond acceptors (Lipinski definition) is 5. The van der Waals surface area contributed by atoms with Gasteiger partial charge in [0.25, 0.3) is 5.91 Å². The number of carbonyl (C=O) groups is 1. The van der Waals surface area contributed by atoms with E-state index in [1.54, 1.807) is 11.7 Å². The third-order valence-corrected chi connectivity index (χ3v) is 5.32. The van der Waals surface area contributed by atoms with Crippen LogP contribution in [0.1, 0.15) is 22.5 Å². The molecular formula is C11H17N3O3S2. The van der Waals surface area contributed by atoms with Crippen LogP contribution in [0.4, 0.5) is 0 Å². The first-order valence-electron chi connectivity index (χ1n) is 6.08. The molecule has 0 unspecified atom stereocenters. The van der Waals surface area contributed by atoms with Crippen molar-refractivity contribution < 1.29 is 13.2 Å². The quantitative estimate of drug-likeness (QED) is 0.880. The molecule has 0 aliphatic carbocycles. The second-order valence-corrected chi connectivity index (χ2v) is 7.55. The maximum Gasteiger partial charge on any atom is 0.263 e. The molecule has 1 saturated heterocycles. The van der Waals surface area contributed by atoms with Crippen LogP contribution in [0.15, 0.2) is 11.7 Å². The highest BCUT2D eigenvalue weighted by molar-refractivity contribution is 7.88. The summed E-state index contributed by atoms with van der Waals surface area (Å²) < 4.78 is 24.2. The molecule has 1 amide bonds. The van der Waals surface area contributed by atoms with E-state index in [4.69, 9.17) is 0 Å². The van der Waals surface area contributed by atoms with E-state index in [2.05, 4.69) is 10.3 Å². The fraction of sp³-hybridized carbons (Fsp3) is 0.636. The first-order chi connectivity index (χ1) is 8.97. The van der Waals surface area contributed by atoms with Crippen LogP contribution in [0.2, 0.25) is 0 Å². The summed E-state index contributed by atoms with van der Waals surface area (Å²) in [4.78, 5) is 16.2. The molecule has 0 radical (unpaired) electrons. The molecular weight excluding hydrogens is 286 g/mol. The lowest BCUT2D eigenvalue weighted by Crippen LogP contribution is -2.41. The van der Waals surface area contributed by atoms with Crippen LogP contribution < -0.4 is 5.32 Å². The summed E-state index contributed by atoms with van der Waals surface area (Å²) in [7, 11) is -3.08. The number of piperidine rings is 1. The Morgan fingerprint density at radius 3 is 2.74 bits per heavy atom. The lowest BCUT2D eigenvalue weighted by Gasteiger charge is -2.30. The van der Waals surface area contributed by atoms with Gasteiger partial charge in [0.15, 0.2) is 0 Å². The molecule has 2 heterocycles. The fourth-order valence-electron chi connectivity index (χ4n) is 2.10. The number of nitrogens with zero attached hydrogens (tertiary/aromatic N) is 2. The summed E-state index contributed by atoms with van der Waals surface area (Å²) in [5.74, 6) is 0.239. The van der Waals surface area contributed by atoms with E-state index in [0.29, 0.717) is 30.4 Å². The highest BCUT2D eigenvalue weighted by Crippen LogP contribution is 2.18. The van der Waals surface area contributed by atoms with Gasteiger partial charge in [-0.05, 0) is 18.8 Å². The lowest BCUT2D eigenvalue weighted by molar-refractivity contribution is 0.0945. The van der Waals surface area contributed by atoms with Crippen molar-refractivity contribution in [1.29, 1.82) is 0 Å². The Balaban J connectivity index is 1.76. The molecule has 6 nitrogen and oxygen atoms in total. The van der Waals surface area contributed by atoms with Gasteiger partial charge in [-0.15, -0.1) is 11.3 Å². The van der Waals surface area contributed by atoms with Gasteiger partial charge in [-0.25, -0.2) is 12.7 Å². The third-order valence-electron chi connectivity index (χ3n) is 3.25. The van der Waals surface area contributed by atoms with Gasteiger partial charge >= 0.3 is 0 Å². The molecule has 19 heavy (non-hydrogen) atoms. The minimum Gasteiger partial charge on any atom is -0.351 e. The predicted octanol–water partition coefficient (Wildman–Crippen LogP) is 0.544. The average Bonchev–Trinajstić information content (AvgIpc) is 2.89. The van der Waals surface area contributed by atoms with E-state index in [9.17, 15) is 13.2 Å². The molecule has 1 N–H and O–H groups in total. The highest BCUT2D eigenvalue weighted by Gasteiger charge is 2.25. The summed E-state index contributed by atoms with van der Waals surface area (Å²) in [6, 6.07) is 0.